The van der Waals surface area contributed by atoms with Crippen LogP contribution in [-0.2, 0) is 87.1 Å². The molecule has 0 saturated heterocycles. The molecule has 2 aliphatic rings. The minimum atomic E-state index is -0.979. The maximum atomic E-state index is 12.2. The van der Waals surface area contributed by atoms with Crippen LogP contribution in [0.5, 0.6) is 46.0 Å². The molecular weight excluding hydrogens is 1540 g/mol. The summed E-state index contributed by atoms with van der Waals surface area (Å²) in [6.45, 7) is 34.1. The van der Waals surface area contributed by atoms with Gasteiger partial charge in [-0.25, -0.2) is 38.4 Å². The summed E-state index contributed by atoms with van der Waals surface area (Å²) >= 11 is 0. The topological polar surface area (TPSA) is 284 Å². The van der Waals surface area contributed by atoms with Crippen LogP contribution in [-0.4, -0.2) is 153 Å². The lowest BCUT2D eigenvalue weighted by atomic mass is 9.67. The Morgan fingerprint density at radius 2 is 0.425 bits per heavy atom. The predicted octanol–water partition coefficient (Wildman–Crippen LogP) is 15.8. The van der Waals surface area contributed by atoms with Crippen molar-refractivity contribution in [1.82, 2.24) is 0 Å². The van der Waals surface area contributed by atoms with E-state index in [1.807, 2.05) is 97.1 Å². The summed E-state index contributed by atoms with van der Waals surface area (Å²) in [5.74, 6) is -1.68. The molecule has 0 N–H and O–H groups in total. The highest BCUT2D eigenvalue weighted by Gasteiger charge is 2.49. The normalized spacial score (nSPS) is 11.6. The second-order valence-corrected chi connectivity index (χ2v) is 26.3. The van der Waals surface area contributed by atoms with Gasteiger partial charge < -0.3 is 75.8 Å². The molecule has 0 aromatic heterocycles. The van der Waals surface area contributed by atoms with E-state index in [0.29, 0.717) is 46.0 Å². The van der Waals surface area contributed by atoms with E-state index < -0.39 is 58.6 Å². The summed E-state index contributed by atoms with van der Waals surface area (Å²) in [6, 6.07) is 54.8. The van der Waals surface area contributed by atoms with E-state index in [0.717, 1.165) is 91.1 Å². The molecule has 2 aliphatic carbocycles. The van der Waals surface area contributed by atoms with Gasteiger partial charge in [-0.2, -0.15) is 0 Å². The average Bonchev–Trinajstić information content (AvgIpc) is 1.54. The summed E-state index contributed by atoms with van der Waals surface area (Å²) in [4.78, 5) is 95.2. The molecule has 24 heteroatoms. The zero-order valence-electron chi connectivity index (χ0n) is 66.2. The van der Waals surface area contributed by atoms with Gasteiger partial charge in [-0.15, -0.1) is 0 Å². The predicted molar refractivity (Wildman–Crippen MR) is 453 cm³/mol. The fraction of sp³-hybridized carbons (Fsp3) is 0.250. The summed E-state index contributed by atoms with van der Waals surface area (Å²) in [6.07, 6.45) is 4.27. The minimum absolute atomic E-state index is 0. The number of ether oxygens (including phenoxy) is 16. The summed E-state index contributed by atoms with van der Waals surface area (Å²) in [5, 5.41) is 0. The highest BCUT2D eigenvalue weighted by atomic mass is 16.6. The lowest BCUT2D eigenvalue weighted by Gasteiger charge is -2.34. The van der Waals surface area contributed by atoms with Gasteiger partial charge in [0.25, 0.3) is 0 Å². The maximum absolute atomic E-state index is 12.2. The van der Waals surface area contributed by atoms with Crippen LogP contribution < -0.4 is 37.9 Å². The van der Waals surface area contributed by atoms with Crippen molar-refractivity contribution in [3.8, 4) is 68.2 Å². The Hall–Kier alpha value is -14.2. The number of carbonyl (C=O) groups is 8. The number of carbonyl (C=O) groups excluding carboxylic acids is 8. The Morgan fingerprint density at radius 3 is 0.608 bits per heavy atom. The molecule has 120 heavy (non-hydrogen) atoms. The van der Waals surface area contributed by atoms with Crippen LogP contribution in [0, 0.1) is 0 Å². The van der Waals surface area contributed by atoms with E-state index in [1.54, 1.807) is 52.0 Å². The van der Waals surface area contributed by atoms with E-state index in [9.17, 15) is 38.4 Å². The first-order valence-electron chi connectivity index (χ1n) is 37.5. The van der Waals surface area contributed by atoms with E-state index in [1.165, 1.54) is 0 Å². The van der Waals surface area contributed by atoms with Gasteiger partial charge in [0.2, 0.25) is 0 Å². The molecule has 0 fully saturated rings. The molecule has 0 heterocycles. The van der Waals surface area contributed by atoms with Gasteiger partial charge in [-0.1, -0.05) is 189 Å². The molecule has 628 valence electrons. The van der Waals surface area contributed by atoms with Crippen molar-refractivity contribution in [3.63, 3.8) is 0 Å². The zero-order valence-corrected chi connectivity index (χ0v) is 66.2. The van der Waals surface area contributed by atoms with Crippen molar-refractivity contribution in [2.24, 2.45) is 0 Å². The van der Waals surface area contributed by atoms with Crippen LogP contribution in [0.3, 0.4) is 0 Å². The molecule has 24 nitrogen and oxygen atoms in total. The molecule has 0 bridgehead atoms. The van der Waals surface area contributed by atoms with Gasteiger partial charge >= 0.3 is 47.8 Å². The van der Waals surface area contributed by atoms with Crippen molar-refractivity contribution in [1.29, 1.82) is 0 Å². The number of hydrogen-bond donors (Lipinski definition) is 0. The van der Waals surface area contributed by atoms with Crippen molar-refractivity contribution in [2.75, 3.05) is 106 Å². The molecule has 8 aromatic rings. The second kappa shape index (κ2) is 45.4. The number of benzene rings is 8. The average molecular weight is 1640 g/mol. The Balaban J connectivity index is 0.000000326. The van der Waals surface area contributed by atoms with Gasteiger partial charge in [-0.3, -0.25) is 0 Å². The van der Waals surface area contributed by atoms with Crippen molar-refractivity contribution in [3.05, 3.63) is 314 Å². The molecule has 0 saturated carbocycles. The largest absolute Gasteiger partial charge is 0.486 e. The molecule has 0 unspecified atom stereocenters. The van der Waals surface area contributed by atoms with E-state index in [-0.39, 0.29) is 143 Å². The van der Waals surface area contributed by atoms with Crippen LogP contribution in [0.2, 0.25) is 0 Å². The monoisotopic (exact) mass is 1640 g/mol. The Morgan fingerprint density at radius 1 is 0.250 bits per heavy atom. The quantitative estimate of drug-likeness (QED) is 0.0148. The minimum Gasteiger partial charge on any atom is -0.486 e. The smallest absolute Gasteiger partial charge is 0.333 e. The molecule has 10 rings (SSSR count). The summed E-state index contributed by atoms with van der Waals surface area (Å²) in [5.41, 5.74) is 10.2. The highest BCUT2D eigenvalue weighted by Crippen LogP contribution is 2.60. The Labute approximate surface area is 699 Å². The number of rotatable bonds is 44. The molecule has 8 aromatic carbocycles. The van der Waals surface area contributed by atoms with Crippen LogP contribution in [0.15, 0.2) is 269 Å². The van der Waals surface area contributed by atoms with Crippen LogP contribution in [0.1, 0.15) is 87.1 Å². The zero-order chi connectivity index (χ0) is 84.7. The Kier molecular flexibility index (Phi) is 35.2. The van der Waals surface area contributed by atoms with Gasteiger partial charge in [-0.05, 0) is 143 Å². The molecule has 0 radical (unpaired) electrons. The highest BCUT2D eigenvalue weighted by molar-refractivity contribution is 5.91. The molecular formula is C96H100O24. The molecule has 0 spiro atoms. The first-order valence-corrected chi connectivity index (χ1v) is 37.5. The number of esters is 8. The van der Waals surface area contributed by atoms with Crippen LogP contribution >= 0.6 is 0 Å². The molecule has 0 atom stereocenters. The Bertz CT molecular complexity index is 4790. The number of fused-ring (bicyclic) bond motifs is 6. The van der Waals surface area contributed by atoms with Gasteiger partial charge in [0, 0.05) is 46.6 Å². The number of hydrogen-bond acceptors (Lipinski definition) is 24. The van der Waals surface area contributed by atoms with E-state index in [4.69, 9.17) is 75.8 Å². The van der Waals surface area contributed by atoms with Gasteiger partial charge in [0.05, 0.1) is 10.8 Å². The lowest BCUT2D eigenvalue weighted by Crippen LogP contribution is -2.29. The first-order chi connectivity index (χ1) is 57.0. The first kappa shape index (κ1) is 93.0. The fourth-order valence-electron chi connectivity index (χ4n) is 13.0. The third kappa shape index (κ3) is 23.1. The third-order valence-electron chi connectivity index (χ3n) is 18.1. The van der Waals surface area contributed by atoms with Gasteiger partial charge in [0.1, 0.15) is 106 Å². The summed E-state index contributed by atoms with van der Waals surface area (Å²) < 4.78 is 90.9. The van der Waals surface area contributed by atoms with Crippen LogP contribution in [0.4, 0.5) is 0 Å². The van der Waals surface area contributed by atoms with E-state index >= 15 is 0 Å². The SMILES string of the molecule is C.C.C=C(C)C(=O)OCCOc1ccc(C2(c3ccc(OCCOC(=O)C(=C)C)c(OCCOC(=O)C(=C)C)c3)c3ccccc3-c3ccccc32)cc1OCCOC(=O)C(=C)C.C=CC(=O)OCCOc1ccc(C2(c3ccc(OCCOC(=O)C=C)c(OCCOC(=O)C=C)c3)c3ccccc3-c3ccccc32)cc1OCCOC(=O)C=C. The lowest BCUT2D eigenvalue weighted by molar-refractivity contribution is -0.140. The van der Waals surface area contributed by atoms with Crippen LogP contribution in [0.25, 0.3) is 22.3 Å². The fourth-order valence-corrected chi connectivity index (χ4v) is 13.0. The van der Waals surface area contributed by atoms with E-state index in [2.05, 4.69) is 101 Å². The second-order valence-electron chi connectivity index (χ2n) is 26.3. The van der Waals surface area contributed by atoms with Gasteiger partial charge in [0.15, 0.2) is 46.0 Å². The summed E-state index contributed by atoms with van der Waals surface area (Å²) in [7, 11) is 0. The standard InChI is InChI=1S/C49H50O12.C45H42O12.2CH4/c1-31(2)45(50)58-25-21-54-41-19-17-35(29-43(41)56-23-27-60-47(52)33(5)6)49(39-15-11-9-13-37(39)38-14-10-12-16-40(38)49)36-18-20-42(55-22-26-59-46(51)32(3)4)44(30-36)57-24-28-61-48(53)34(7)8;1-5-41(46)54-25-21-50-37-19-17-31(29-39(37)52-23-27-56-43(48)7-3)45(35-15-11-9-13-33(35)34-14-10-12-16-36(34)45)32-18-20-38(51-22-26-55-42(47)6-2)40(30-32)53-24-28-57-44(49)8-4;;/h9-20,29-30H,1,3,5,7,21-28H2,2,4,6,8H3;5-20,29-30H,1-4,21-28H2;2*1H4. The maximum Gasteiger partial charge on any atom is 0.333 e. The molecule has 0 aliphatic heterocycles. The van der Waals surface area contributed by atoms with Crippen molar-refractivity contribution >= 4 is 47.8 Å². The van der Waals surface area contributed by atoms with Crippen molar-refractivity contribution in [2.45, 2.75) is 53.4 Å². The third-order valence-corrected chi connectivity index (χ3v) is 18.1. The van der Waals surface area contributed by atoms with Crippen molar-refractivity contribution < 1.29 is 114 Å². The molecule has 0 amide bonds.